The molecule has 4 nitrogen and oxygen atoms in total. The van der Waals surface area contributed by atoms with Gasteiger partial charge in [-0.2, -0.15) is 0 Å². The summed E-state index contributed by atoms with van der Waals surface area (Å²) in [5, 5.41) is 0. The van der Waals surface area contributed by atoms with E-state index in [1.807, 2.05) is 20.8 Å². The van der Waals surface area contributed by atoms with Crippen molar-refractivity contribution in [1.82, 2.24) is 4.72 Å². The molecule has 1 unspecified atom stereocenters. The predicted molar refractivity (Wildman–Crippen MR) is 73.8 cm³/mol. The average Bonchev–Trinajstić information content (AvgIpc) is 2.28. The molecule has 0 aromatic heterocycles. The van der Waals surface area contributed by atoms with Crippen LogP contribution in [-0.4, -0.2) is 14.5 Å². The van der Waals surface area contributed by atoms with E-state index in [9.17, 15) is 8.42 Å². The zero-order valence-electron chi connectivity index (χ0n) is 11.2. The first-order chi connectivity index (χ1) is 8.40. The Labute approximate surface area is 110 Å². The van der Waals surface area contributed by atoms with E-state index in [4.69, 9.17) is 5.73 Å². The van der Waals surface area contributed by atoms with E-state index in [-0.39, 0.29) is 6.04 Å². The Bertz CT molecular complexity index is 498. The van der Waals surface area contributed by atoms with Crippen molar-refractivity contribution in [2.75, 3.05) is 0 Å². The fraction of sp³-hybridized carbons (Fsp3) is 0.538. The first-order valence-electron chi connectivity index (χ1n) is 6.22. The van der Waals surface area contributed by atoms with E-state index in [0.717, 1.165) is 24.0 Å². The van der Waals surface area contributed by atoms with Crippen molar-refractivity contribution >= 4 is 10.0 Å². The lowest BCUT2D eigenvalue weighted by molar-refractivity contribution is 0.544. The largest absolute Gasteiger partial charge is 0.326 e. The number of nitrogens with two attached hydrogens (primary N) is 1. The molecule has 1 aromatic carbocycles. The number of hydrogen-bond donors (Lipinski definition) is 2. The van der Waals surface area contributed by atoms with Crippen LogP contribution in [0, 0.1) is 6.92 Å². The lowest BCUT2D eigenvalue weighted by Gasteiger charge is -2.14. The number of benzene rings is 1. The summed E-state index contributed by atoms with van der Waals surface area (Å²) < 4.78 is 26.9. The average molecular weight is 270 g/mol. The summed E-state index contributed by atoms with van der Waals surface area (Å²) in [7, 11) is -3.42. The molecule has 102 valence electrons. The second-order valence-corrected chi connectivity index (χ2v) is 6.32. The standard InChI is InChI=1S/C13H22N2O2S/c1-4-5-11(3)15-18(16,17)13-7-6-12(9-14)10(2)8-13/h6-8,11,15H,4-5,9,14H2,1-3H3. The summed E-state index contributed by atoms with van der Waals surface area (Å²) in [6.07, 6.45) is 1.79. The normalized spacial score (nSPS) is 13.6. The summed E-state index contributed by atoms with van der Waals surface area (Å²) in [6, 6.07) is 5.00. The summed E-state index contributed by atoms with van der Waals surface area (Å²) in [5.41, 5.74) is 7.44. The van der Waals surface area contributed by atoms with Crippen LogP contribution in [0.3, 0.4) is 0 Å². The molecule has 0 aliphatic heterocycles. The van der Waals surface area contributed by atoms with Gasteiger partial charge in [-0.1, -0.05) is 19.4 Å². The molecule has 5 heteroatoms. The zero-order chi connectivity index (χ0) is 13.8. The molecular formula is C13H22N2O2S. The SMILES string of the molecule is CCCC(C)NS(=O)(=O)c1ccc(CN)c(C)c1. The maximum absolute atomic E-state index is 12.1. The monoisotopic (exact) mass is 270 g/mol. The Morgan fingerprint density at radius 2 is 2.06 bits per heavy atom. The Morgan fingerprint density at radius 1 is 1.39 bits per heavy atom. The highest BCUT2D eigenvalue weighted by molar-refractivity contribution is 7.89. The second-order valence-electron chi connectivity index (χ2n) is 4.60. The molecule has 0 aliphatic rings. The molecule has 0 fully saturated rings. The number of nitrogens with one attached hydrogen (secondary N) is 1. The van der Waals surface area contributed by atoms with Crippen molar-refractivity contribution in [2.45, 2.75) is 51.1 Å². The molecule has 0 heterocycles. The Balaban J connectivity index is 2.95. The second kappa shape index (κ2) is 6.31. The van der Waals surface area contributed by atoms with Gasteiger partial charge in [0.15, 0.2) is 0 Å². The Hall–Kier alpha value is -0.910. The van der Waals surface area contributed by atoms with Gasteiger partial charge in [-0.25, -0.2) is 13.1 Å². The Kier molecular flexibility index (Phi) is 5.31. The van der Waals surface area contributed by atoms with Crippen molar-refractivity contribution in [2.24, 2.45) is 5.73 Å². The third kappa shape index (κ3) is 3.80. The van der Waals surface area contributed by atoms with Gasteiger partial charge in [0.05, 0.1) is 4.90 Å². The van der Waals surface area contributed by atoms with E-state index in [1.165, 1.54) is 0 Å². The van der Waals surface area contributed by atoms with Gasteiger partial charge in [0.2, 0.25) is 10.0 Å². The fourth-order valence-electron chi connectivity index (χ4n) is 1.89. The quantitative estimate of drug-likeness (QED) is 0.829. The molecule has 0 aliphatic carbocycles. The highest BCUT2D eigenvalue weighted by Crippen LogP contribution is 2.15. The minimum Gasteiger partial charge on any atom is -0.326 e. The first kappa shape index (κ1) is 15.1. The third-order valence-corrected chi connectivity index (χ3v) is 4.51. The van der Waals surface area contributed by atoms with Crippen LogP contribution in [0.4, 0.5) is 0 Å². The maximum Gasteiger partial charge on any atom is 0.240 e. The van der Waals surface area contributed by atoms with E-state index in [2.05, 4.69) is 4.72 Å². The van der Waals surface area contributed by atoms with E-state index < -0.39 is 10.0 Å². The number of hydrogen-bond acceptors (Lipinski definition) is 3. The van der Waals surface area contributed by atoms with Crippen molar-refractivity contribution in [3.05, 3.63) is 29.3 Å². The fourth-order valence-corrected chi connectivity index (χ4v) is 3.25. The van der Waals surface area contributed by atoms with Crippen LogP contribution in [0.2, 0.25) is 0 Å². The van der Waals surface area contributed by atoms with Crippen LogP contribution >= 0.6 is 0 Å². The van der Waals surface area contributed by atoms with Crippen LogP contribution in [0.25, 0.3) is 0 Å². The molecule has 18 heavy (non-hydrogen) atoms. The van der Waals surface area contributed by atoms with Gasteiger partial charge < -0.3 is 5.73 Å². The molecule has 1 aromatic rings. The number of aryl methyl sites for hydroxylation is 1. The molecule has 3 N–H and O–H groups in total. The summed E-state index contributed by atoms with van der Waals surface area (Å²) in [5.74, 6) is 0. The van der Waals surface area contributed by atoms with E-state index in [1.54, 1.807) is 18.2 Å². The van der Waals surface area contributed by atoms with E-state index in [0.29, 0.717) is 11.4 Å². The van der Waals surface area contributed by atoms with Crippen LogP contribution < -0.4 is 10.5 Å². The molecule has 0 amide bonds. The van der Waals surface area contributed by atoms with Gasteiger partial charge in [-0.15, -0.1) is 0 Å². The molecule has 1 rings (SSSR count). The van der Waals surface area contributed by atoms with Crippen molar-refractivity contribution < 1.29 is 8.42 Å². The van der Waals surface area contributed by atoms with Crippen molar-refractivity contribution in [1.29, 1.82) is 0 Å². The van der Waals surface area contributed by atoms with Crippen LogP contribution in [0.1, 0.15) is 37.8 Å². The lowest BCUT2D eigenvalue weighted by Crippen LogP contribution is -2.32. The topological polar surface area (TPSA) is 72.2 Å². The van der Waals surface area contributed by atoms with Gasteiger partial charge in [-0.3, -0.25) is 0 Å². The number of sulfonamides is 1. The highest BCUT2D eigenvalue weighted by Gasteiger charge is 2.17. The van der Waals surface area contributed by atoms with Crippen LogP contribution in [0.15, 0.2) is 23.1 Å². The molecule has 0 saturated heterocycles. The minimum atomic E-state index is -3.42. The zero-order valence-corrected chi connectivity index (χ0v) is 12.0. The van der Waals surface area contributed by atoms with Crippen molar-refractivity contribution in [3.63, 3.8) is 0 Å². The lowest BCUT2D eigenvalue weighted by atomic mass is 10.1. The maximum atomic E-state index is 12.1. The van der Waals surface area contributed by atoms with Gasteiger partial charge in [0.25, 0.3) is 0 Å². The molecule has 0 saturated carbocycles. The third-order valence-electron chi connectivity index (χ3n) is 2.92. The van der Waals surface area contributed by atoms with Gasteiger partial charge >= 0.3 is 0 Å². The molecule has 0 spiro atoms. The molecule has 1 atom stereocenters. The molecule has 0 bridgehead atoms. The first-order valence-corrected chi connectivity index (χ1v) is 7.71. The van der Waals surface area contributed by atoms with Gasteiger partial charge in [0, 0.05) is 12.6 Å². The smallest absolute Gasteiger partial charge is 0.240 e. The summed E-state index contributed by atoms with van der Waals surface area (Å²) >= 11 is 0. The highest BCUT2D eigenvalue weighted by atomic mass is 32.2. The summed E-state index contributed by atoms with van der Waals surface area (Å²) in [6.45, 7) is 6.20. The van der Waals surface area contributed by atoms with E-state index >= 15 is 0 Å². The van der Waals surface area contributed by atoms with Gasteiger partial charge in [0.1, 0.15) is 0 Å². The number of rotatable bonds is 6. The summed E-state index contributed by atoms with van der Waals surface area (Å²) in [4.78, 5) is 0.306. The van der Waals surface area contributed by atoms with Gasteiger partial charge in [-0.05, 0) is 43.5 Å². The minimum absolute atomic E-state index is 0.0468. The van der Waals surface area contributed by atoms with Crippen molar-refractivity contribution in [3.8, 4) is 0 Å². The Morgan fingerprint density at radius 3 is 2.56 bits per heavy atom. The van der Waals surface area contributed by atoms with Crippen LogP contribution in [0.5, 0.6) is 0 Å². The molecule has 0 radical (unpaired) electrons. The van der Waals surface area contributed by atoms with Crippen LogP contribution in [-0.2, 0) is 16.6 Å². The predicted octanol–water partition coefficient (Wildman–Crippen LogP) is 1.92. The molecular weight excluding hydrogens is 248 g/mol.